The van der Waals surface area contributed by atoms with Crippen LogP contribution in [0.1, 0.15) is 20.9 Å². The Labute approximate surface area is 138 Å². The van der Waals surface area contributed by atoms with Crippen molar-refractivity contribution in [2.24, 2.45) is 0 Å². The summed E-state index contributed by atoms with van der Waals surface area (Å²) in [4.78, 5) is 17.5. The highest BCUT2D eigenvalue weighted by Crippen LogP contribution is 2.28. The second-order valence-electron chi connectivity index (χ2n) is 4.91. The summed E-state index contributed by atoms with van der Waals surface area (Å²) in [7, 11) is 0. The highest BCUT2D eigenvalue weighted by Gasteiger charge is 2.17. The van der Waals surface area contributed by atoms with Gasteiger partial charge in [0.15, 0.2) is 0 Å². The fourth-order valence-electron chi connectivity index (χ4n) is 2.18. The molecule has 0 radical (unpaired) electrons. The summed E-state index contributed by atoms with van der Waals surface area (Å²) >= 11 is 1.35. The van der Waals surface area contributed by atoms with Gasteiger partial charge in [-0.3, -0.25) is 4.79 Å². The molecule has 112 valence electrons. The smallest absolute Gasteiger partial charge is 0.267 e. The van der Waals surface area contributed by atoms with Crippen LogP contribution in [0.4, 0.5) is 5.69 Å². The first-order valence-electron chi connectivity index (χ1n) is 7.02. The maximum Gasteiger partial charge on any atom is 0.267 e. The molecular weight excluding hydrogens is 306 g/mol. The number of thiazole rings is 1. The highest BCUT2D eigenvalue weighted by molar-refractivity contribution is 7.17. The number of rotatable bonds is 3. The van der Waals surface area contributed by atoms with E-state index in [0.717, 1.165) is 10.6 Å². The Morgan fingerprint density at radius 2 is 1.83 bits per heavy atom. The van der Waals surface area contributed by atoms with Crippen LogP contribution in [-0.2, 0) is 0 Å². The molecular formula is C18H13N3OS. The van der Waals surface area contributed by atoms with Crippen LogP contribution in [0, 0.1) is 18.3 Å². The molecule has 0 saturated heterocycles. The van der Waals surface area contributed by atoms with Gasteiger partial charge in [0.05, 0.1) is 16.9 Å². The van der Waals surface area contributed by atoms with Crippen molar-refractivity contribution < 1.29 is 4.79 Å². The topological polar surface area (TPSA) is 65.8 Å². The van der Waals surface area contributed by atoms with Gasteiger partial charge >= 0.3 is 0 Å². The minimum atomic E-state index is -0.245. The lowest BCUT2D eigenvalue weighted by molar-refractivity contribution is 0.103. The third-order valence-corrected chi connectivity index (χ3v) is 4.52. The number of nitrogens with one attached hydrogen (secondary N) is 1. The van der Waals surface area contributed by atoms with Crippen LogP contribution < -0.4 is 5.32 Å². The molecule has 3 aromatic rings. The Bertz CT molecular complexity index is 894. The van der Waals surface area contributed by atoms with E-state index in [2.05, 4.69) is 16.4 Å². The Balaban J connectivity index is 1.89. The zero-order valence-electron chi connectivity index (χ0n) is 12.4. The summed E-state index contributed by atoms with van der Waals surface area (Å²) in [5, 5.41) is 12.7. The van der Waals surface area contributed by atoms with Gasteiger partial charge in [-0.25, -0.2) is 4.98 Å². The number of carbonyl (C=O) groups is 1. The normalized spacial score (nSPS) is 10.1. The molecule has 0 unspecified atom stereocenters. The maximum absolute atomic E-state index is 12.5. The second-order valence-corrected chi connectivity index (χ2v) is 5.91. The lowest BCUT2D eigenvalue weighted by atomic mass is 10.2. The van der Waals surface area contributed by atoms with E-state index in [4.69, 9.17) is 5.26 Å². The minimum absolute atomic E-state index is 0.245. The number of nitriles is 1. The fourth-order valence-corrected chi connectivity index (χ4v) is 3.15. The van der Waals surface area contributed by atoms with Crippen molar-refractivity contribution in [2.45, 2.75) is 6.92 Å². The van der Waals surface area contributed by atoms with Crippen LogP contribution in [-0.4, -0.2) is 10.9 Å². The van der Waals surface area contributed by atoms with Gasteiger partial charge in [-0.1, -0.05) is 42.5 Å². The fraction of sp³-hybridized carbons (Fsp3) is 0.0556. The molecule has 1 N–H and O–H groups in total. The van der Waals surface area contributed by atoms with Gasteiger partial charge in [0.1, 0.15) is 16.0 Å². The molecule has 0 spiro atoms. The predicted molar refractivity (Wildman–Crippen MR) is 91.4 cm³/mol. The molecule has 5 heteroatoms. The predicted octanol–water partition coefficient (Wildman–Crippen LogP) is 4.24. The van der Waals surface area contributed by atoms with Crippen LogP contribution in [0.25, 0.3) is 10.6 Å². The Morgan fingerprint density at radius 1 is 1.13 bits per heavy atom. The van der Waals surface area contributed by atoms with Crippen LogP contribution in [0.5, 0.6) is 0 Å². The van der Waals surface area contributed by atoms with Gasteiger partial charge in [-0.2, -0.15) is 5.26 Å². The lowest BCUT2D eigenvalue weighted by Gasteiger charge is -2.05. The number of aryl methyl sites for hydroxylation is 1. The van der Waals surface area contributed by atoms with E-state index >= 15 is 0 Å². The average molecular weight is 319 g/mol. The number of hydrogen-bond acceptors (Lipinski definition) is 4. The molecule has 0 aliphatic rings. The molecule has 0 saturated carbocycles. The first-order chi connectivity index (χ1) is 11.2. The van der Waals surface area contributed by atoms with E-state index < -0.39 is 0 Å². The van der Waals surface area contributed by atoms with Crippen LogP contribution in [0.3, 0.4) is 0 Å². The number of nitrogens with zero attached hydrogens (tertiary/aromatic N) is 2. The summed E-state index contributed by atoms with van der Waals surface area (Å²) in [5.41, 5.74) is 2.61. The van der Waals surface area contributed by atoms with E-state index in [1.54, 1.807) is 24.3 Å². The molecule has 0 fully saturated rings. The van der Waals surface area contributed by atoms with E-state index in [1.807, 2.05) is 37.3 Å². The third-order valence-electron chi connectivity index (χ3n) is 3.32. The molecule has 0 aliphatic carbocycles. The van der Waals surface area contributed by atoms with Gasteiger partial charge in [-0.05, 0) is 19.1 Å². The Kier molecular flexibility index (Phi) is 4.18. The number of anilines is 1. The number of amides is 1. The van der Waals surface area contributed by atoms with Crippen molar-refractivity contribution >= 4 is 22.9 Å². The number of carbonyl (C=O) groups excluding carboxylic acids is 1. The molecule has 2 aromatic carbocycles. The molecule has 23 heavy (non-hydrogen) atoms. The summed E-state index contributed by atoms with van der Waals surface area (Å²) in [6.07, 6.45) is 0. The second kappa shape index (κ2) is 6.42. The first kappa shape index (κ1) is 14.9. The number of aromatic nitrogens is 1. The van der Waals surface area contributed by atoms with Gasteiger partial charge < -0.3 is 5.32 Å². The molecule has 1 aromatic heterocycles. The number of para-hydroxylation sites is 1. The minimum Gasteiger partial charge on any atom is -0.320 e. The molecule has 0 atom stereocenters. The van der Waals surface area contributed by atoms with Crippen LogP contribution in [0.2, 0.25) is 0 Å². The van der Waals surface area contributed by atoms with Crippen LogP contribution in [0.15, 0.2) is 54.6 Å². The summed E-state index contributed by atoms with van der Waals surface area (Å²) in [6, 6.07) is 18.7. The Morgan fingerprint density at radius 3 is 2.57 bits per heavy atom. The molecule has 4 nitrogen and oxygen atoms in total. The van der Waals surface area contributed by atoms with E-state index in [-0.39, 0.29) is 5.91 Å². The van der Waals surface area contributed by atoms with Crippen LogP contribution >= 0.6 is 11.3 Å². The third kappa shape index (κ3) is 3.12. The maximum atomic E-state index is 12.5. The van der Waals surface area contributed by atoms with E-state index in [9.17, 15) is 4.79 Å². The number of benzene rings is 2. The largest absolute Gasteiger partial charge is 0.320 e. The van der Waals surface area contributed by atoms with E-state index in [0.29, 0.717) is 21.8 Å². The quantitative estimate of drug-likeness (QED) is 0.785. The van der Waals surface area contributed by atoms with Crippen molar-refractivity contribution in [1.29, 1.82) is 5.26 Å². The van der Waals surface area contributed by atoms with Crippen molar-refractivity contribution in [2.75, 3.05) is 5.32 Å². The Hall–Kier alpha value is -2.97. The molecule has 0 bridgehead atoms. The molecule has 1 amide bonds. The van der Waals surface area contributed by atoms with Gasteiger partial charge in [0, 0.05) is 5.56 Å². The standard InChI is InChI=1S/C18H13N3OS/c1-12-16(23-18(20-12)13-7-3-2-4-8-13)17(22)21-15-10-6-5-9-14(15)11-19/h2-10H,1H3,(H,21,22). The number of hydrogen-bond donors (Lipinski definition) is 1. The first-order valence-corrected chi connectivity index (χ1v) is 7.84. The van der Waals surface area contributed by atoms with E-state index in [1.165, 1.54) is 11.3 Å². The van der Waals surface area contributed by atoms with Crippen molar-refractivity contribution in [1.82, 2.24) is 4.98 Å². The summed E-state index contributed by atoms with van der Waals surface area (Å²) in [6.45, 7) is 1.81. The zero-order valence-corrected chi connectivity index (χ0v) is 13.2. The lowest BCUT2D eigenvalue weighted by Crippen LogP contribution is -2.12. The van der Waals surface area contributed by atoms with Crippen molar-refractivity contribution in [3.05, 3.63) is 70.7 Å². The molecule has 3 rings (SSSR count). The highest BCUT2D eigenvalue weighted by atomic mass is 32.1. The van der Waals surface area contributed by atoms with Gasteiger partial charge in [0.25, 0.3) is 5.91 Å². The zero-order chi connectivity index (χ0) is 16.2. The van der Waals surface area contributed by atoms with Crippen molar-refractivity contribution in [3.8, 4) is 16.6 Å². The summed E-state index contributed by atoms with van der Waals surface area (Å²) in [5.74, 6) is -0.245. The molecule has 1 heterocycles. The average Bonchev–Trinajstić information content (AvgIpc) is 2.98. The van der Waals surface area contributed by atoms with Crippen molar-refractivity contribution in [3.63, 3.8) is 0 Å². The van der Waals surface area contributed by atoms with Gasteiger partial charge in [0.2, 0.25) is 0 Å². The SMILES string of the molecule is Cc1nc(-c2ccccc2)sc1C(=O)Nc1ccccc1C#N. The molecule has 0 aliphatic heterocycles. The summed E-state index contributed by atoms with van der Waals surface area (Å²) < 4.78 is 0. The van der Waals surface area contributed by atoms with Gasteiger partial charge in [-0.15, -0.1) is 11.3 Å². The monoisotopic (exact) mass is 319 g/mol.